The fourth-order valence-electron chi connectivity index (χ4n) is 1.85. The van der Waals surface area contributed by atoms with E-state index in [1.807, 2.05) is 0 Å². The Hall–Kier alpha value is -2.76. The molecule has 0 atom stereocenters. The van der Waals surface area contributed by atoms with E-state index in [0.717, 1.165) is 12.1 Å². The van der Waals surface area contributed by atoms with Gasteiger partial charge in [-0.3, -0.25) is 0 Å². The summed E-state index contributed by atoms with van der Waals surface area (Å²) in [5, 5.41) is 17.5. The fourth-order valence-corrected chi connectivity index (χ4v) is 1.85. The van der Waals surface area contributed by atoms with Crippen molar-refractivity contribution in [1.29, 1.82) is 0 Å². The Labute approximate surface area is 118 Å². The van der Waals surface area contributed by atoms with Gasteiger partial charge >= 0.3 is 11.9 Å². The van der Waals surface area contributed by atoms with Gasteiger partial charge in [0.1, 0.15) is 11.6 Å². The van der Waals surface area contributed by atoms with Gasteiger partial charge in [0, 0.05) is 6.42 Å². The Morgan fingerprint density at radius 3 is 1.48 bits per heavy atom. The summed E-state index contributed by atoms with van der Waals surface area (Å²) < 4.78 is 27.5. The van der Waals surface area contributed by atoms with Gasteiger partial charge in [0.05, 0.1) is 11.1 Å². The number of carboxylic acids is 2. The first-order chi connectivity index (χ1) is 9.88. The Morgan fingerprint density at radius 2 is 1.19 bits per heavy atom. The molecule has 0 aliphatic heterocycles. The zero-order valence-corrected chi connectivity index (χ0v) is 10.6. The van der Waals surface area contributed by atoms with E-state index < -0.39 is 23.6 Å². The summed E-state index contributed by atoms with van der Waals surface area (Å²) in [5.74, 6) is -4.01. The number of aromatic carboxylic acids is 2. The molecule has 21 heavy (non-hydrogen) atoms. The monoisotopic (exact) mass is 292 g/mol. The molecule has 0 aliphatic rings. The van der Waals surface area contributed by atoms with Crippen molar-refractivity contribution >= 4 is 11.9 Å². The van der Waals surface area contributed by atoms with Crippen molar-refractivity contribution in [2.75, 3.05) is 0 Å². The molecule has 2 N–H and O–H groups in total. The Balaban J connectivity index is 2.30. The van der Waals surface area contributed by atoms with Crippen LogP contribution in [0.5, 0.6) is 0 Å². The second-order valence-electron chi connectivity index (χ2n) is 4.40. The number of carboxylic acid groups (broad SMARTS) is 2. The summed E-state index contributed by atoms with van der Waals surface area (Å²) in [6.45, 7) is 0. The van der Waals surface area contributed by atoms with E-state index in [9.17, 15) is 18.4 Å². The summed E-state index contributed by atoms with van der Waals surface area (Å²) in [6, 6.07) is 6.71. The highest BCUT2D eigenvalue weighted by molar-refractivity contribution is 5.88. The van der Waals surface area contributed by atoms with Crippen LogP contribution in [-0.2, 0) is 6.42 Å². The third-order valence-corrected chi connectivity index (χ3v) is 2.98. The van der Waals surface area contributed by atoms with Crippen LogP contribution in [0.2, 0.25) is 0 Å². The number of carbonyl (C=O) groups is 2. The average Bonchev–Trinajstić information content (AvgIpc) is 2.42. The van der Waals surface area contributed by atoms with Crippen LogP contribution in [0.25, 0.3) is 0 Å². The van der Waals surface area contributed by atoms with Crippen LogP contribution in [0.1, 0.15) is 31.8 Å². The lowest BCUT2D eigenvalue weighted by atomic mass is 10.0. The lowest BCUT2D eigenvalue weighted by molar-refractivity contribution is 0.0685. The topological polar surface area (TPSA) is 74.6 Å². The molecule has 0 heterocycles. The quantitative estimate of drug-likeness (QED) is 0.908. The van der Waals surface area contributed by atoms with Crippen LogP contribution in [0.4, 0.5) is 8.78 Å². The van der Waals surface area contributed by atoms with E-state index in [1.54, 1.807) is 0 Å². The van der Waals surface area contributed by atoms with Gasteiger partial charge in [-0.2, -0.15) is 0 Å². The van der Waals surface area contributed by atoms with E-state index in [2.05, 4.69) is 0 Å². The molecule has 2 aromatic rings. The number of hydrogen-bond donors (Lipinski definition) is 2. The molecule has 2 rings (SSSR count). The van der Waals surface area contributed by atoms with Crippen LogP contribution >= 0.6 is 0 Å². The van der Waals surface area contributed by atoms with Crippen molar-refractivity contribution in [3.8, 4) is 0 Å². The Morgan fingerprint density at radius 1 is 0.810 bits per heavy atom. The van der Waals surface area contributed by atoms with Crippen LogP contribution in [0.3, 0.4) is 0 Å². The van der Waals surface area contributed by atoms with E-state index in [1.165, 1.54) is 24.3 Å². The zero-order chi connectivity index (χ0) is 15.6. The van der Waals surface area contributed by atoms with Crippen LogP contribution in [0.15, 0.2) is 36.4 Å². The summed E-state index contributed by atoms with van der Waals surface area (Å²) in [5.41, 5.74) is -0.139. The maximum atomic E-state index is 13.8. The molecule has 0 aromatic heterocycles. The van der Waals surface area contributed by atoms with Crippen molar-refractivity contribution in [3.05, 3.63) is 70.3 Å². The molecule has 0 aliphatic carbocycles. The van der Waals surface area contributed by atoms with Crippen molar-refractivity contribution in [2.24, 2.45) is 0 Å². The third kappa shape index (κ3) is 3.22. The highest BCUT2D eigenvalue weighted by atomic mass is 19.1. The molecule has 4 nitrogen and oxygen atoms in total. The molecule has 2 aromatic carbocycles. The predicted molar refractivity (Wildman–Crippen MR) is 69.5 cm³/mol. The second kappa shape index (κ2) is 5.70. The Kier molecular flexibility index (Phi) is 3.98. The minimum atomic E-state index is -1.25. The minimum absolute atomic E-state index is 0.0997. The molecule has 6 heteroatoms. The molecule has 0 radical (unpaired) electrons. The summed E-state index contributed by atoms with van der Waals surface area (Å²) in [6.07, 6.45) is -0.0997. The molecule has 0 amide bonds. The molecule has 108 valence electrons. The highest BCUT2D eigenvalue weighted by Crippen LogP contribution is 2.18. The third-order valence-electron chi connectivity index (χ3n) is 2.98. The maximum Gasteiger partial charge on any atom is 0.335 e. The predicted octanol–water partition coefficient (Wildman–Crippen LogP) is 2.95. The van der Waals surface area contributed by atoms with Crippen molar-refractivity contribution in [3.63, 3.8) is 0 Å². The molecule has 0 saturated carbocycles. The normalized spacial score (nSPS) is 10.4. The first-order valence-corrected chi connectivity index (χ1v) is 5.92. The molecule has 0 spiro atoms. The molecular weight excluding hydrogens is 282 g/mol. The Bertz CT molecular complexity index is 664. The number of rotatable bonds is 4. The van der Waals surface area contributed by atoms with Gasteiger partial charge in [0.2, 0.25) is 0 Å². The molecule has 0 fully saturated rings. The number of halogens is 2. The largest absolute Gasteiger partial charge is 0.478 e. The lowest BCUT2D eigenvalue weighted by Gasteiger charge is -2.06. The fraction of sp³-hybridized carbons (Fsp3) is 0.0667. The van der Waals surface area contributed by atoms with Crippen molar-refractivity contribution < 1.29 is 28.6 Å². The molecule has 0 saturated heterocycles. The van der Waals surface area contributed by atoms with Gasteiger partial charge in [0.15, 0.2) is 0 Å². The number of benzene rings is 2. The lowest BCUT2D eigenvalue weighted by Crippen LogP contribution is -2.02. The van der Waals surface area contributed by atoms with Crippen LogP contribution < -0.4 is 0 Å². The average molecular weight is 292 g/mol. The minimum Gasteiger partial charge on any atom is -0.478 e. The van der Waals surface area contributed by atoms with E-state index >= 15 is 0 Å². The molecular formula is C15H10F2O4. The summed E-state index contributed by atoms with van der Waals surface area (Å²) >= 11 is 0. The number of hydrogen-bond acceptors (Lipinski definition) is 2. The first kappa shape index (κ1) is 14.6. The van der Waals surface area contributed by atoms with Gasteiger partial charge in [0.25, 0.3) is 0 Å². The van der Waals surface area contributed by atoms with Gasteiger partial charge in [-0.05, 0) is 35.4 Å². The zero-order valence-electron chi connectivity index (χ0n) is 10.6. The van der Waals surface area contributed by atoms with Crippen molar-refractivity contribution in [2.45, 2.75) is 6.42 Å². The van der Waals surface area contributed by atoms with Crippen LogP contribution in [-0.4, -0.2) is 22.2 Å². The van der Waals surface area contributed by atoms with Gasteiger partial charge < -0.3 is 10.2 Å². The standard InChI is InChI=1S/C15H10F2O4/c16-12-6-10(14(18)19)3-1-8(12)5-9-2-4-11(15(20)21)7-13(9)17/h1-4,6-7H,5H2,(H,18,19)(H,20,21). The molecule has 0 bridgehead atoms. The van der Waals surface area contributed by atoms with Crippen molar-refractivity contribution in [1.82, 2.24) is 0 Å². The van der Waals surface area contributed by atoms with Gasteiger partial charge in [-0.1, -0.05) is 12.1 Å². The van der Waals surface area contributed by atoms with Gasteiger partial charge in [-0.25, -0.2) is 18.4 Å². The van der Waals surface area contributed by atoms with Crippen LogP contribution in [0, 0.1) is 11.6 Å². The highest BCUT2D eigenvalue weighted by Gasteiger charge is 2.12. The molecule has 0 unspecified atom stereocenters. The summed E-state index contributed by atoms with van der Waals surface area (Å²) in [7, 11) is 0. The van der Waals surface area contributed by atoms with Gasteiger partial charge in [-0.15, -0.1) is 0 Å². The van der Waals surface area contributed by atoms with E-state index in [-0.39, 0.29) is 28.7 Å². The maximum absolute atomic E-state index is 13.8. The second-order valence-corrected chi connectivity index (χ2v) is 4.40. The van der Waals surface area contributed by atoms with E-state index in [0.29, 0.717) is 0 Å². The SMILES string of the molecule is O=C(O)c1ccc(Cc2ccc(C(=O)O)cc2F)c(F)c1. The smallest absolute Gasteiger partial charge is 0.335 e. The first-order valence-electron chi connectivity index (χ1n) is 5.92. The van der Waals surface area contributed by atoms with E-state index in [4.69, 9.17) is 10.2 Å². The summed E-state index contributed by atoms with van der Waals surface area (Å²) in [4.78, 5) is 21.4.